The molecule has 1 fully saturated rings. The molecule has 1 aliphatic heterocycles. The molecule has 1 aliphatic rings. The summed E-state index contributed by atoms with van der Waals surface area (Å²) in [5.74, 6) is 0.390. The van der Waals surface area contributed by atoms with Crippen molar-refractivity contribution in [2.75, 3.05) is 0 Å². The second-order valence-corrected chi connectivity index (χ2v) is 6.47. The second kappa shape index (κ2) is 5.99. The van der Waals surface area contributed by atoms with Gasteiger partial charge in [0.05, 0.1) is 22.0 Å². The first-order valence-corrected chi connectivity index (χ1v) is 7.88. The molecule has 6 nitrogen and oxygen atoms in total. The Morgan fingerprint density at radius 3 is 2.68 bits per heavy atom. The third-order valence-electron chi connectivity index (χ3n) is 3.75. The van der Waals surface area contributed by atoms with Crippen LogP contribution in [-0.2, 0) is 4.74 Å². The molecule has 1 saturated heterocycles. The molecule has 0 amide bonds. The molecule has 3 rings (SSSR count). The van der Waals surface area contributed by atoms with Crippen LogP contribution < -0.4 is 4.74 Å². The Hall–Kier alpha value is -0.830. The summed E-state index contributed by atoms with van der Waals surface area (Å²) in [5.41, 5.74) is 0.766. The topological polar surface area (TPSA) is 94.9 Å². The Balaban J connectivity index is 1.92. The summed E-state index contributed by atoms with van der Waals surface area (Å²) in [6.07, 6.45) is -4.07. The summed E-state index contributed by atoms with van der Waals surface area (Å²) in [7, 11) is 0. The van der Waals surface area contributed by atoms with Crippen molar-refractivity contribution in [3.05, 3.63) is 27.8 Å². The number of nitrogens with one attached hydrogen (secondary N) is 1. The van der Waals surface area contributed by atoms with Crippen LogP contribution in [0.25, 0.3) is 10.9 Å². The molecule has 0 unspecified atom stereocenters. The smallest absolute Gasteiger partial charge is 0.229 e. The van der Waals surface area contributed by atoms with Gasteiger partial charge in [-0.3, -0.25) is 0 Å². The highest BCUT2D eigenvalue weighted by Crippen LogP contribution is 2.38. The van der Waals surface area contributed by atoms with Gasteiger partial charge in [-0.2, -0.15) is 0 Å². The number of aromatic amines is 1. The van der Waals surface area contributed by atoms with E-state index in [0.29, 0.717) is 20.6 Å². The van der Waals surface area contributed by atoms with Crippen molar-refractivity contribution in [3.8, 4) is 5.75 Å². The molecule has 2 heterocycles. The van der Waals surface area contributed by atoms with Crippen LogP contribution in [0, 0.1) is 0 Å². The van der Waals surface area contributed by atoms with Gasteiger partial charge in [-0.1, -0.05) is 11.6 Å². The minimum Gasteiger partial charge on any atom is -0.460 e. The first-order valence-electron chi connectivity index (χ1n) is 6.71. The highest BCUT2D eigenvalue weighted by Gasteiger charge is 2.43. The standard InChI is InChI=1S/C14H15BrClNO5/c1-5-11(18)12(19)13(20)14(21-5)22-8-4-17-7-3-2-6(15)10(16)9(7)8/h2-5,11-14,17-20H,1H3/t5-,11-,12+,13+,14-/m0/s1. The number of aliphatic hydroxyl groups is 3. The van der Waals surface area contributed by atoms with Gasteiger partial charge < -0.3 is 29.8 Å². The normalized spacial score (nSPS) is 32.4. The molecule has 4 N–H and O–H groups in total. The highest BCUT2D eigenvalue weighted by atomic mass is 79.9. The van der Waals surface area contributed by atoms with Crippen molar-refractivity contribution >= 4 is 38.4 Å². The lowest BCUT2D eigenvalue weighted by atomic mass is 10.00. The highest BCUT2D eigenvalue weighted by molar-refractivity contribution is 9.10. The molecule has 2 aromatic rings. The summed E-state index contributed by atoms with van der Waals surface area (Å²) in [6.45, 7) is 1.59. The van der Waals surface area contributed by atoms with E-state index in [1.54, 1.807) is 19.2 Å². The zero-order chi connectivity index (χ0) is 16.0. The Morgan fingerprint density at radius 1 is 1.23 bits per heavy atom. The van der Waals surface area contributed by atoms with Crippen LogP contribution in [0.1, 0.15) is 6.92 Å². The van der Waals surface area contributed by atoms with Gasteiger partial charge in [0.15, 0.2) is 0 Å². The molecule has 22 heavy (non-hydrogen) atoms. The van der Waals surface area contributed by atoms with Crippen molar-refractivity contribution < 1.29 is 24.8 Å². The van der Waals surface area contributed by atoms with E-state index in [9.17, 15) is 15.3 Å². The van der Waals surface area contributed by atoms with Gasteiger partial charge in [-0.05, 0) is 35.0 Å². The number of rotatable bonds is 2. The van der Waals surface area contributed by atoms with Crippen molar-refractivity contribution in [1.82, 2.24) is 4.98 Å². The third-order valence-corrected chi connectivity index (χ3v) is 5.03. The van der Waals surface area contributed by atoms with Crippen molar-refractivity contribution in [2.45, 2.75) is 37.6 Å². The fraction of sp³-hybridized carbons (Fsp3) is 0.429. The van der Waals surface area contributed by atoms with Crippen LogP contribution >= 0.6 is 27.5 Å². The summed E-state index contributed by atoms with van der Waals surface area (Å²) in [6, 6.07) is 3.64. The largest absolute Gasteiger partial charge is 0.460 e. The first kappa shape index (κ1) is 16.0. The molecule has 0 saturated carbocycles. The summed E-state index contributed by atoms with van der Waals surface area (Å²) >= 11 is 9.61. The van der Waals surface area contributed by atoms with Gasteiger partial charge in [0.1, 0.15) is 24.1 Å². The predicted octanol–water partition coefficient (Wildman–Crippen LogP) is 1.79. The molecule has 8 heteroatoms. The van der Waals surface area contributed by atoms with Gasteiger partial charge in [0.25, 0.3) is 0 Å². The second-order valence-electron chi connectivity index (χ2n) is 5.24. The third kappa shape index (κ3) is 2.62. The van der Waals surface area contributed by atoms with Crippen LogP contribution in [0.5, 0.6) is 5.75 Å². The van der Waals surface area contributed by atoms with Gasteiger partial charge in [-0.15, -0.1) is 0 Å². The van der Waals surface area contributed by atoms with Crippen molar-refractivity contribution in [1.29, 1.82) is 0 Å². The Labute approximate surface area is 139 Å². The van der Waals surface area contributed by atoms with E-state index in [4.69, 9.17) is 21.1 Å². The Morgan fingerprint density at radius 2 is 1.95 bits per heavy atom. The summed E-state index contributed by atoms with van der Waals surface area (Å²) in [5, 5.41) is 30.6. The number of aliphatic hydroxyl groups excluding tert-OH is 3. The fourth-order valence-corrected chi connectivity index (χ4v) is 3.04. The van der Waals surface area contributed by atoms with Gasteiger partial charge in [0, 0.05) is 10.7 Å². The lowest BCUT2D eigenvalue weighted by Crippen LogP contribution is -2.58. The molecule has 0 radical (unpaired) electrons. The van der Waals surface area contributed by atoms with Crippen LogP contribution in [0.15, 0.2) is 22.8 Å². The van der Waals surface area contributed by atoms with Crippen LogP contribution in [0.2, 0.25) is 5.02 Å². The number of H-pyrrole nitrogens is 1. The van der Waals surface area contributed by atoms with E-state index >= 15 is 0 Å². The quantitative estimate of drug-likeness (QED) is 0.625. The number of halogens is 2. The van der Waals surface area contributed by atoms with E-state index < -0.39 is 30.7 Å². The summed E-state index contributed by atoms with van der Waals surface area (Å²) < 4.78 is 11.8. The maximum atomic E-state index is 10.0. The van der Waals surface area contributed by atoms with Gasteiger partial charge in [-0.25, -0.2) is 0 Å². The average Bonchev–Trinajstić information content (AvgIpc) is 2.90. The van der Waals surface area contributed by atoms with Crippen LogP contribution in [0.3, 0.4) is 0 Å². The van der Waals surface area contributed by atoms with E-state index in [0.717, 1.165) is 5.52 Å². The van der Waals surface area contributed by atoms with Gasteiger partial charge >= 0.3 is 0 Å². The molecule has 0 aliphatic carbocycles. The van der Waals surface area contributed by atoms with Crippen molar-refractivity contribution in [2.24, 2.45) is 0 Å². The summed E-state index contributed by atoms with van der Waals surface area (Å²) in [4.78, 5) is 3.01. The fourth-order valence-electron chi connectivity index (χ4n) is 2.46. The number of fused-ring (bicyclic) bond motifs is 1. The number of aromatic nitrogens is 1. The molecular formula is C14H15BrClNO5. The van der Waals surface area contributed by atoms with E-state index in [1.165, 1.54) is 0 Å². The lowest BCUT2D eigenvalue weighted by molar-refractivity contribution is -0.267. The molecule has 1 aromatic heterocycles. The van der Waals surface area contributed by atoms with Crippen molar-refractivity contribution in [3.63, 3.8) is 0 Å². The minimum absolute atomic E-state index is 0.390. The molecular weight excluding hydrogens is 378 g/mol. The Kier molecular flexibility index (Phi) is 4.37. The number of ether oxygens (including phenoxy) is 2. The molecule has 0 spiro atoms. The number of benzene rings is 1. The maximum absolute atomic E-state index is 10.0. The van der Waals surface area contributed by atoms with E-state index in [2.05, 4.69) is 20.9 Å². The zero-order valence-corrected chi connectivity index (χ0v) is 13.9. The predicted molar refractivity (Wildman–Crippen MR) is 84.0 cm³/mol. The number of hydrogen-bond donors (Lipinski definition) is 4. The van der Waals surface area contributed by atoms with Crippen LogP contribution in [0.4, 0.5) is 0 Å². The lowest BCUT2D eigenvalue weighted by Gasteiger charge is -2.38. The molecule has 5 atom stereocenters. The molecule has 1 aromatic carbocycles. The maximum Gasteiger partial charge on any atom is 0.229 e. The monoisotopic (exact) mass is 391 g/mol. The minimum atomic E-state index is -1.37. The van der Waals surface area contributed by atoms with E-state index in [1.807, 2.05) is 6.07 Å². The SMILES string of the molecule is C[C@@H]1O[C@@H](Oc2c[nH]c3ccc(Br)c(Cl)c23)[C@H](O)[C@H](O)[C@H]1O. The number of hydrogen-bond acceptors (Lipinski definition) is 5. The molecule has 0 bridgehead atoms. The Bertz CT molecular complexity index is 693. The van der Waals surface area contributed by atoms with Gasteiger partial charge in [0.2, 0.25) is 6.29 Å². The first-order chi connectivity index (χ1) is 10.4. The zero-order valence-electron chi connectivity index (χ0n) is 11.5. The van der Waals surface area contributed by atoms with Crippen LogP contribution in [-0.4, -0.2) is 51.0 Å². The molecule has 120 valence electrons. The van der Waals surface area contributed by atoms with E-state index in [-0.39, 0.29) is 0 Å². The average molecular weight is 393 g/mol.